The average Bonchev–Trinajstić information content (AvgIpc) is 2.53. The van der Waals surface area contributed by atoms with Crippen molar-refractivity contribution in [2.24, 2.45) is 5.73 Å². The van der Waals surface area contributed by atoms with Crippen LogP contribution in [0.4, 0.5) is 4.79 Å². The lowest BCUT2D eigenvalue weighted by Gasteiger charge is -2.31. The number of amides is 1. The van der Waals surface area contributed by atoms with Crippen molar-refractivity contribution in [1.29, 1.82) is 0 Å². The van der Waals surface area contributed by atoms with Gasteiger partial charge in [0.2, 0.25) is 0 Å². The van der Waals surface area contributed by atoms with Crippen LogP contribution in [-0.4, -0.2) is 36.2 Å². The predicted molar refractivity (Wildman–Crippen MR) is 48.3 cm³/mol. The van der Waals surface area contributed by atoms with Gasteiger partial charge in [0.25, 0.3) is 0 Å². The molecule has 0 bridgehead atoms. The Labute approximate surface area is 78.0 Å². The van der Waals surface area contributed by atoms with Gasteiger partial charge in [-0.15, -0.1) is 0 Å². The van der Waals surface area contributed by atoms with Crippen molar-refractivity contribution in [3.05, 3.63) is 0 Å². The Kier molecular flexibility index (Phi) is 2.40. The summed E-state index contributed by atoms with van der Waals surface area (Å²) in [5.41, 5.74) is 5.80. The Bertz CT molecular complexity index is 208. The van der Waals surface area contributed by atoms with Crippen molar-refractivity contribution in [2.45, 2.75) is 37.8 Å². The molecule has 1 saturated carbocycles. The average molecular weight is 184 g/mol. The Morgan fingerprint density at radius 3 is 2.92 bits per heavy atom. The minimum absolute atomic E-state index is 0.148. The zero-order valence-electron chi connectivity index (χ0n) is 7.74. The largest absolute Gasteiger partial charge is 0.449 e. The van der Waals surface area contributed by atoms with Crippen LogP contribution in [0.1, 0.15) is 25.7 Å². The third kappa shape index (κ3) is 1.77. The summed E-state index contributed by atoms with van der Waals surface area (Å²) in [7, 11) is 0. The van der Waals surface area contributed by atoms with Crippen LogP contribution < -0.4 is 5.73 Å². The zero-order valence-corrected chi connectivity index (χ0v) is 7.74. The zero-order chi connectivity index (χ0) is 9.26. The minimum atomic E-state index is -0.148. The van der Waals surface area contributed by atoms with E-state index in [9.17, 15) is 4.79 Å². The van der Waals surface area contributed by atoms with Crippen molar-refractivity contribution < 1.29 is 9.53 Å². The summed E-state index contributed by atoms with van der Waals surface area (Å²) < 4.78 is 4.98. The number of nitrogens with two attached hydrogens (primary N) is 1. The predicted octanol–water partition coefficient (Wildman–Crippen LogP) is 0.708. The van der Waals surface area contributed by atoms with Gasteiger partial charge < -0.3 is 15.4 Å². The van der Waals surface area contributed by atoms with Gasteiger partial charge in [0.1, 0.15) is 0 Å². The molecule has 0 aromatic heterocycles. The van der Waals surface area contributed by atoms with Crippen LogP contribution in [0.2, 0.25) is 0 Å². The van der Waals surface area contributed by atoms with E-state index >= 15 is 0 Å². The highest BCUT2D eigenvalue weighted by atomic mass is 16.6. The van der Waals surface area contributed by atoms with Gasteiger partial charge in [-0.1, -0.05) is 0 Å². The molecular weight excluding hydrogens is 168 g/mol. The van der Waals surface area contributed by atoms with Gasteiger partial charge in [-0.2, -0.15) is 0 Å². The quantitative estimate of drug-likeness (QED) is 0.653. The fourth-order valence-corrected chi connectivity index (χ4v) is 2.17. The Hall–Kier alpha value is -0.770. The first kappa shape index (κ1) is 8.81. The Balaban J connectivity index is 1.95. The monoisotopic (exact) mass is 184 g/mol. The number of ether oxygens (including phenoxy) is 1. The third-order valence-corrected chi connectivity index (χ3v) is 2.89. The molecule has 1 saturated heterocycles. The molecule has 4 heteroatoms. The normalized spacial score (nSPS) is 34.8. The second-order valence-electron chi connectivity index (χ2n) is 3.89. The van der Waals surface area contributed by atoms with E-state index in [1.54, 1.807) is 0 Å². The second kappa shape index (κ2) is 3.54. The van der Waals surface area contributed by atoms with Crippen molar-refractivity contribution in [1.82, 2.24) is 4.90 Å². The number of cyclic esters (lactones) is 1. The molecule has 1 amide bonds. The number of hydrogen-bond donors (Lipinski definition) is 1. The van der Waals surface area contributed by atoms with Crippen LogP contribution in [0.25, 0.3) is 0 Å². The molecule has 1 heterocycles. The molecule has 2 aliphatic rings. The number of nitrogens with zero attached hydrogens (tertiary/aromatic N) is 1. The Morgan fingerprint density at radius 1 is 1.46 bits per heavy atom. The van der Waals surface area contributed by atoms with Crippen LogP contribution in [0.5, 0.6) is 0 Å². The van der Waals surface area contributed by atoms with Gasteiger partial charge in [0.05, 0.1) is 6.61 Å². The maximum atomic E-state index is 11.4. The molecule has 0 radical (unpaired) electrons. The molecule has 2 fully saturated rings. The molecule has 2 unspecified atom stereocenters. The first-order valence-electron chi connectivity index (χ1n) is 4.96. The molecule has 2 N–H and O–H groups in total. The van der Waals surface area contributed by atoms with Gasteiger partial charge in [-0.05, 0) is 25.7 Å². The van der Waals surface area contributed by atoms with Crippen LogP contribution in [0, 0.1) is 0 Å². The molecule has 1 aliphatic carbocycles. The standard InChI is InChI=1S/C9H16N2O2/c10-7-2-3-8(6-7)11-4-1-5-13-9(11)12/h7-8H,1-6,10H2. The molecule has 0 aromatic rings. The van der Waals surface area contributed by atoms with Gasteiger partial charge in [-0.25, -0.2) is 4.79 Å². The lowest BCUT2D eigenvalue weighted by atomic mass is 10.2. The van der Waals surface area contributed by atoms with E-state index < -0.39 is 0 Å². The summed E-state index contributed by atoms with van der Waals surface area (Å²) in [6, 6.07) is 0.613. The highest BCUT2D eigenvalue weighted by Crippen LogP contribution is 2.24. The molecular formula is C9H16N2O2. The highest BCUT2D eigenvalue weighted by molar-refractivity contribution is 5.68. The smallest absolute Gasteiger partial charge is 0.410 e. The maximum absolute atomic E-state index is 11.4. The number of carbonyl (C=O) groups excluding carboxylic acids is 1. The molecule has 2 atom stereocenters. The topological polar surface area (TPSA) is 55.6 Å². The van der Waals surface area contributed by atoms with E-state index in [4.69, 9.17) is 10.5 Å². The fourth-order valence-electron chi connectivity index (χ4n) is 2.17. The van der Waals surface area contributed by atoms with E-state index in [2.05, 4.69) is 0 Å². The summed E-state index contributed by atoms with van der Waals surface area (Å²) >= 11 is 0. The number of carbonyl (C=O) groups is 1. The molecule has 0 spiro atoms. The first-order chi connectivity index (χ1) is 6.27. The number of rotatable bonds is 1. The van der Waals surface area contributed by atoms with E-state index in [-0.39, 0.29) is 12.1 Å². The van der Waals surface area contributed by atoms with Crippen molar-refractivity contribution in [3.63, 3.8) is 0 Å². The van der Waals surface area contributed by atoms with Crippen molar-refractivity contribution >= 4 is 6.09 Å². The first-order valence-corrected chi connectivity index (χ1v) is 4.96. The molecule has 0 aromatic carbocycles. The highest BCUT2D eigenvalue weighted by Gasteiger charge is 2.32. The maximum Gasteiger partial charge on any atom is 0.410 e. The molecule has 13 heavy (non-hydrogen) atoms. The van der Waals surface area contributed by atoms with E-state index in [0.29, 0.717) is 12.6 Å². The second-order valence-corrected chi connectivity index (χ2v) is 3.89. The summed E-state index contributed by atoms with van der Waals surface area (Å²) in [4.78, 5) is 13.2. The van der Waals surface area contributed by atoms with Gasteiger partial charge >= 0.3 is 6.09 Å². The summed E-state index contributed by atoms with van der Waals surface area (Å²) in [6.07, 6.45) is 3.82. The molecule has 74 valence electrons. The summed E-state index contributed by atoms with van der Waals surface area (Å²) in [5, 5.41) is 0. The molecule has 4 nitrogen and oxygen atoms in total. The number of hydrogen-bond acceptors (Lipinski definition) is 3. The van der Waals surface area contributed by atoms with Crippen LogP contribution in [0.3, 0.4) is 0 Å². The lowest BCUT2D eigenvalue weighted by molar-refractivity contribution is 0.0559. The van der Waals surface area contributed by atoms with Crippen molar-refractivity contribution in [3.8, 4) is 0 Å². The minimum Gasteiger partial charge on any atom is -0.449 e. The van der Waals surface area contributed by atoms with Gasteiger partial charge in [0.15, 0.2) is 0 Å². The Morgan fingerprint density at radius 2 is 2.31 bits per heavy atom. The van der Waals surface area contributed by atoms with Crippen molar-refractivity contribution in [2.75, 3.05) is 13.2 Å². The van der Waals surface area contributed by atoms with E-state index in [1.807, 2.05) is 4.90 Å². The van der Waals surface area contributed by atoms with Crippen LogP contribution >= 0.6 is 0 Å². The lowest BCUT2D eigenvalue weighted by Crippen LogP contribution is -2.44. The van der Waals surface area contributed by atoms with Gasteiger partial charge in [-0.3, -0.25) is 0 Å². The fraction of sp³-hybridized carbons (Fsp3) is 0.889. The SMILES string of the molecule is NC1CCC(N2CCCOC2=O)C1. The third-order valence-electron chi connectivity index (χ3n) is 2.89. The van der Waals surface area contributed by atoms with Crippen LogP contribution in [-0.2, 0) is 4.74 Å². The molecule has 1 aliphatic heterocycles. The summed E-state index contributed by atoms with van der Waals surface area (Å²) in [6.45, 7) is 1.42. The van der Waals surface area contributed by atoms with E-state index in [0.717, 1.165) is 32.2 Å². The van der Waals surface area contributed by atoms with E-state index in [1.165, 1.54) is 0 Å². The van der Waals surface area contributed by atoms with Gasteiger partial charge in [0, 0.05) is 18.6 Å². The van der Waals surface area contributed by atoms with Crippen LogP contribution in [0.15, 0.2) is 0 Å². The molecule has 2 rings (SSSR count). The summed E-state index contributed by atoms with van der Waals surface area (Å²) in [5.74, 6) is 0.